The highest BCUT2D eigenvalue weighted by atomic mass is 16.3. The van der Waals surface area contributed by atoms with Gasteiger partial charge in [-0.05, 0) is 30.7 Å². The molecular formula is C12H19NO2. The number of unbranched alkanes of at least 4 members (excludes halogenated alkanes) is 2. The average Bonchev–Trinajstić information content (AvgIpc) is 2.23. The minimum absolute atomic E-state index is 0.0529. The van der Waals surface area contributed by atoms with Gasteiger partial charge in [0.25, 0.3) is 0 Å². The Hall–Kier alpha value is -1.22. The molecule has 3 N–H and O–H groups in total. The van der Waals surface area contributed by atoms with Crippen molar-refractivity contribution in [2.45, 2.75) is 32.7 Å². The molecule has 0 amide bonds. The Bertz CT molecular complexity index is 300. The van der Waals surface area contributed by atoms with E-state index >= 15 is 0 Å². The van der Waals surface area contributed by atoms with E-state index in [0.29, 0.717) is 0 Å². The first-order valence-corrected chi connectivity index (χ1v) is 5.45. The first-order chi connectivity index (χ1) is 7.24. The fourth-order valence-corrected chi connectivity index (χ4v) is 1.41. The highest BCUT2D eigenvalue weighted by Gasteiger charge is 1.99. The second-order valence-corrected chi connectivity index (χ2v) is 3.71. The lowest BCUT2D eigenvalue weighted by molar-refractivity contribution is 0.403. The van der Waals surface area contributed by atoms with Crippen LogP contribution in [0.2, 0.25) is 0 Å². The molecule has 0 bridgehead atoms. The van der Waals surface area contributed by atoms with Gasteiger partial charge in [0.2, 0.25) is 0 Å². The van der Waals surface area contributed by atoms with E-state index in [4.69, 9.17) is 5.11 Å². The van der Waals surface area contributed by atoms with Gasteiger partial charge in [-0.1, -0.05) is 25.8 Å². The fourth-order valence-electron chi connectivity index (χ4n) is 1.41. The third-order valence-electron chi connectivity index (χ3n) is 2.33. The molecule has 0 spiro atoms. The highest BCUT2D eigenvalue weighted by molar-refractivity contribution is 5.40. The van der Waals surface area contributed by atoms with Crippen molar-refractivity contribution in [3.8, 4) is 11.5 Å². The van der Waals surface area contributed by atoms with Crippen molar-refractivity contribution in [3.63, 3.8) is 0 Å². The molecule has 3 heteroatoms. The largest absolute Gasteiger partial charge is 0.504 e. The van der Waals surface area contributed by atoms with Crippen LogP contribution in [0.5, 0.6) is 11.5 Å². The first-order valence-electron chi connectivity index (χ1n) is 5.45. The van der Waals surface area contributed by atoms with E-state index in [0.717, 1.165) is 18.7 Å². The molecular weight excluding hydrogens is 190 g/mol. The lowest BCUT2D eigenvalue weighted by Crippen LogP contribution is -2.14. The van der Waals surface area contributed by atoms with Gasteiger partial charge in [0.05, 0.1) is 0 Å². The molecule has 0 heterocycles. The van der Waals surface area contributed by atoms with Gasteiger partial charge in [0, 0.05) is 6.54 Å². The zero-order valence-electron chi connectivity index (χ0n) is 9.16. The third-order valence-corrected chi connectivity index (χ3v) is 2.33. The van der Waals surface area contributed by atoms with Crippen LogP contribution in [0.4, 0.5) is 0 Å². The standard InChI is InChI=1S/C12H19NO2/c1-2-3-4-7-13-9-10-5-6-11(14)12(15)8-10/h5-6,8,13-15H,2-4,7,9H2,1H3. The maximum absolute atomic E-state index is 9.26. The van der Waals surface area contributed by atoms with E-state index in [9.17, 15) is 5.11 Å². The number of rotatable bonds is 6. The quantitative estimate of drug-likeness (QED) is 0.498. The van der Waals surface area contributed by atoms with Crippen LogP contribution >= 0.6 is 0 Å². The zero-order chi connectivity index (χ0) is 11.1. The summed E-state index contributed by atoms with van der Waals surface area (Å²) >= 11 is 0. The lowest BCUT2D eigenvalue weighted by atomic mass is 10.2. The van der Waals surface area contributed by atoms with E-state index in [1.165, 1.54) is 25.3 Å². The number of aromatic hydroxyl groups is 2. The number of phenols is 2. The summed E-state index contributed by atoms with van der Waals surface area (Å²) in [5.41, 5.74) is 0.988. The second-order valence-electron chi connectivity index (χ2n) is 3.71. The van der Waals surface area contributed by atoms with E-state index in [-0.39, 0.29) is 11.5 Å². The fraction of sp³-hybridized carbons (Fsp3) is 0.500. The minimum atomic E-state index is -0.0651. The van der Waals surface area contributed by atoms with E-state index in [2.05, 4.69) is 12.2 Å². The van der Waals surface area contributed by atoms with Crippen LogP contribution in [0.25, 0.3) is 0 Å². The summed E-state index contributed by atoms with van der Waals surface area (Å²) in [5.74, 6) is -0.118. The Morgan fingerprint density at radius 2 is 1.93 bits per heavy atom. The van der Waals surface area contributed by atoms with Crippen molar-refractivity contribution in [1.82, 2.24) is 5.32 Å². The SMILES string of the molecule is CCCCCNCc1ccc(O)c(O)c1. The summed E-state index contributed by atoms with van der Waals surface area (Å²) in [4.78, 5) is 0. The number of phenolic OH excluding ortho intramolecular Hbond substituents is 2. The molecule has 1 aromatic rings. The van der Waals surface area contributed by atoms with Gasteiger partial charge in [-0.25, -0.2) is 0 Å². The molecule has 0 aliphatic carbocycles. The molecule has 0 atom stereocenters. The summed E-state index contributed by atoms with van der Waals surface area (Å²) < 4.78 is 0. The molecule has 0 aliphatic heterocycles. The number of nitrogens with one attached hydrogen (secondary N) is 1. The van der Waals surface area contributed by atoms with E-state index < -0.39 is 0 Å². The van der Waals surface area contributed by atoms with Crippen LogP contribution in [-0.4, -0.2) is 16.8 Å². The number of benzene rings is 1. The van der Waals surface area contributed by atoms with Crippen molar-refractivity contribution >= 4 is 0 Å². The van der Waals surface area contributed by atoms with E-state index in [1.807, 2.05) is 6.07 Å². The molecule has 3 nitrogen and oxygen atoms in total. The molecule has 15 heavy (non-hydrogen) atoms. The average molecular weight is 209 g/mol. The van der Waals surface area contributed by atoms with Crippen LogP contribution in [-0.2, 0) is 6.54 Å². The molecule has 84 valence electrons. The summed E-state index contributed by atoms with van der Waals surface area (Å²) in [6.45, 7) is 3.91. The van der Waals surface area contributed by atoms with Crippen LogP contribution in [0.15, 0.2) is 18.2 Å². The van der Waals surface area contributed by atoms with Crippen molar-refractivity contribution in [2.24, 2.45) is 0 Å². The van der Waals surface area contributed by atoms with Crippen LogP contribution < -0.4 is 5.32 Å². The third kappa shape index (κ3) is 4.21. The molecule has 1 rings (SSSR count). The van der Waals surface area contributed by atoms with Gasteiger partial charge in [-0.2, -0.15) is 0 Å². The minimum Gasteiger partial charge on any atom is -0.504 e. The van der Waals surface area contributed by atoms with Crippen LogP contribution in [0.1, 0.15) is 31.7 Å². The summed E-state index contributed by atoms with van der Waals surface area (Å²) in [7, 11) is 0. The second kappa shape index (κ2) is 6.30. The number of hydrogen-bond acceptors (Lipinski definition) is 3. The maximum atomic E-state index is 9.26. The van der Waals surface area contributed by atoms with Crippen molar-refractivity contribution in [3.05, 3.63) is 23.8 Å². The van der Waals surface area contributed by atoms with Gasteiger partial charge in [0.1, 0.15) is 0 Å². The number of hydrogen-bond donors (Lipinski definition) is 3. The highest BCUT2D eigenvalue weighted by Crippen LogP contribution is 2.24. The zero-order valence-corrected chi connectivity index (χ0v) is 9.16. The Balaban J connectivity index is 2.28. The topological polar surface area (TPSA) is 52.5 Å². The molecule has 0 radical (unpaired) electrons. The predicted octanol–water partition coefficient (Wildman–Crippen LogP) is 2.38. The predicted molar refractivity (Wildman–Crippen MR) is 61.0 cm³/mol. The molecule has 0 unspecified atom stereocenters. The van der Waals surface area contributed by atoms with Crippen LogP contribution in [0.3, 0.4) is 0 Å². The molecule has 0 saturated heterocycles. The van der Waals surface area contributed by atoms with Gasteiger partial charge >= 0.3 is 0 Å². The Labute approximate surface area is 90.8 Å². The molecule has 1 aromatic carbocycles. The summed E-state index contributed by atoms with van der Waals surface area (Å²) in [6, 6.07) is 4.91. The van der Waals surface area contributed by atoms with Gasteiger partial charge < -0.3 is 15.5 Å². The van der Waals surface area contributed by atoms with Gasteiger partial charge in [-0.3, -0.25) is 0 Å². The van der Waals surface area contributed by atoms with Gasteiger partial charge in [0.15, 0.2) is 11.5 Å². The summed E-state index contributed by atoms with van der Waals surface area (Å²) in [6.07, 6.45) is 3.65. The Morgan fingerprint density at radius 3 is 2.60 bits per heavy atom. The maximum Gasteiger partial charge on any atom is 0.157 e. The van der Waals surface area contributed by atoms with Crippen LogP contribution in [0, 0.1) is 0 Å². The summed E-state index contributed by atoms with van der Waals surface area (Å²) in [5, 5.41) is 21.7. The van der Waals surface area contributed by atoms with Crippen molar-refractivity contribution in [1.29, 1.82) is 0 Å². The van der Waals surface area contributed by atoms with E-state index in [1.54, 1.807) is 6.07 Å². The smallest absolute Gasteiger partial charge is 0.157 e. The van der Waals surface area contributed by atoms with Crippen molar-refractivity contribution in [2.75, 3.05) is 6.54 Å². The monoisotopic (exact) mass is 209 g/mol. The molecule has 0 saturated carbocycles. The Kier molecular flexibility index (Phi) is 4.98. The first kappa shape index (κ1) is 11.9. The van der Waals surface area contributed by atoms with Crippen molar-refractivity contribution < 1.29 is 10.2 Å². The molecule has 0 aromatic heterocycles. The molecule has 0 aliphatic rings. The molecule has 0 fully saturated rings. The Morgan fingerprint density at radius 1 is 1.13 bits per heavy atom. The lowest BCUT2D eigenvalue weighted by Gasteiger charge is -2.05. The normalized spacial score (nSPS) is 10.5. The van der Waals surface area contributed by atoms with Gasteiger partial charge in [-0.15, -0.1) is 0 Å².